The van der Waals surface area contributed by atoms with Crippen LogP contribution in [0.25, 0.3) is 0 Å². The minimum atomic E-state index is 0.611. The Morgan fingerprint density at radius 2 is 1.95 bits per heavy atom. The molecule has 0 fully saturated rings. The summed E-state index contributed by atoms with van der Waals surface area (Å²) in [6.45, 7) is 11.1. The maximum Gasteiger partial charge on any atom is 0.0445 e. The van der Waals surface area contributed by atoms with Gasteiger partial charge in [-0.2, -0.15) is 0 Å². The number of rotatable bonds is 8. The number of anilines is 1. The third kappa shape index (κ3) is 4.50. The summed E-state index contributed by atoms with van der Waals surface area (Å²) in [6.07, 6.45) is 6.26. The highest BCUT2D eigenvalue weighted by Gasteiger charge is 2.19. The Morgan fingerprint density at radius 3 is 2.47 bits per heavy atom. The summed E-state index contributed by atoms with van der Waals surface area (Å²) in [5.41, 5.74) is 2.63. The molecule has 1 heterocycles. The molecule has 0 aliphatic rings. The van der Waals surface area contributed by atoms with Crippen LogP contribution in [-0.2, 0) is 6.54 Å². The van der Waals surface area contributed by atoms with Crippen molar-refractivity contribution in [3.8, 4) is 0 Å². The van der Waals surface area contributed by atoms with E-state index < -0.39 is 0 Å². The fraction of sp³-hybridized carbons (Fsp3) is 0.688. The molecule has 19 heavy (non-hydrogen) atoms. The molecule has 0 spiro atoms. The van der Waals surface area contributed by atoms with Crippen molar-refractivity contribution < 1.29 is 0 Å². The number of nitrogens with one attached hydrogen (secondary N) is 1. The second kappa shape index (κ2) is 8.16. The molecule has 1 N–H and O–H groups in total. The second-order valence-electron chi connectivity index (χ2n) is 5.55. The lowest BCUT2D eigenvalue weighted by molar-refractivity contribution is 0.505. The average molecular weight is 263 g/mol. The molecule has 1 aromatic rings. The van der Waals surface area contributed by atoms with Crippen molar-refractivity contribution in [2.75, 3.05) is 18.5 Å². The summed E-state index contributed by atoms with van der Waals surface area (Å²) in [6, 6.07) is 2.77. The molecule has 0 radical (unpaired) electrons. The summed E-state index contributed by atoms with van der Waals surface area (Å²) in [5.74, 6) is 0.663. The molecule has 0 amide bonds. The maximum absolute atomic E-state index is 4.27. The van der Waals surface area contributed by atoms with Crippen LogP contribution in [0.15, 0.2) is 18.5 Å². The number of hydrogen-bond donors (Lipinski definition) is 1. The van der Waals surface area contributed by atoms with E-state index in [0.717, 1.165) is 13.1 Å². The molecule has 0 saturated carbocycles. The Hall–Kier alpha value is -1.09. The third-order valence-corrected chi connectivity index (χ3v) is 3.50. The quantitative estimate of drug-likeness (QED) is 0.778. The molecule has 108 valence electrons. The van der Waals surface area contributed by atoms with Gasteiger partial charge >= 0.3 is 0 Å². The zero-order valence-corrected chi connectivity index (χ0v) is 13.1. The molecular formula is C16H29N3. The van der Waals surface area contributed by atoms with Gasteiger partial charge in [0.25, 0.3) is 0 Å². The summed E-state index contributed by atoms with van der Waals surface area (Å²) >= 11 is 0. The smallest absolute Gasteiger partial charge is 0.0445 e. The van der Waals surface area contributed by atoms with E-state index in [0.29, 0.717) is 12.0 Å². The van der Waals surface area contributed by atoms with Gasteiger partial charge in [0.05, 0.1) is 0 Å². The number of pyridine rings is 1. The molecule has 1 rings (SSSR count). The number of aromatic nitrogens is 1. The van der Waals surface area contributed by atoms with Crippen molar-refractivity contribution in [3.63, 3.8) is 0 Å². The summed E-state index contributed by atoms with van der Waals surface area (Å²) in [5, 5.41) is 3.24. The minimum absolute atomic E-state index is 0.611. The molecule has 3 heteroatoms. The van der Waals surface area contributed by atoms with Gasteiger partial charge in [0.15, 0.2) is 0 Å². The third-order valence-electron chi connectivity index (χ3n) is 3.50. The van der Waals surface area contributed by atoms with Gasteiger partial charge in [0.1, 0.15) is 0 Å². The fourth-order valence-electron chi connectivity index (χ4n) is 2.59. The normalized spacial score (nSPS) is 11.3. The van der Waals surface area contributed by atoms with Crippen LogP contribution < -0.4 is 10.2 Å². The molecular weight excluding hydrogens is 234 g/mol. The average Bonchev–Trinajstić information content (AvgIpc) is 2.39. The lowest BCUT2D eigenvalue weighted by Crippen LogP contribution is -2.38. The largest absolute Gasteiger partial charge is 0.368 e. The van der Waals surface area contributed by atoms with E-state index in [1.807, 2.05) is 19.4 Å². The maximum atomic E-state index is 4.27. The highest BCUT2D eigenvalue weighted by Crippen LogP contribution is 2.25. The monoisotopic (exact) mass is 263 g/mol. The van der Waals surface area contributed by atoms with E-state index >= 15 is 0 Å². The van der Waals surface area contributed by atoms with E-state index in [4.69, 9.17) is 0 Å². The predicted molar refractivity (Wildman–Crippen MR) is 83.6 cm³/mol. The van der Waals surface area contributed by atoms with Crippen LogP contribution in [0.1, 0.15) is 46.1 Å². The van der Waals surface area contributed by atoms with Crippen LogP contribution >= 0.6 is 0 Å². The van der Waals surface area contributed by atoms with E-state index in [9.17, 15) is 0 Å². The first kappa shape index (κ1) is 16.0. The Balaban J connectivity index is 3.08. The Kier molecular flexibility index (Phi) is 6.85. The zero-order chi connectivity index (χ0) is 14.3. The second-order valence-corrected chi connectivity index (χ2v) is 5.55. The predicted octanol–water partition coefficient (Wildman–Crippen LogP) is 3.45. The van der Waals surface area contributed by atoms with Crippen LogP contribution in [0, 0.1) is 5.92 Å². The first-order valence-electron chi connectivity index (χ1n) is 7.48. The van der Waals surface area contributed by atoms with Crippen LogP contribution in [-0.4, -0.2) is 24.6 Å². The molecule has 0 unspecified atom stereocenters. The lowest BCUT2D eigenvalue weighted by Gasteiger charge is -2.35. The zero-order valence-electron chi connectivity index (χ0n) is 13.1. The Morgan fingerprint density at radius 1 is 1.26 bits per heavy atom. The first-order valence-corrected chi connectivity index (χ1v) is 7.48. The summed E-state index contributed by atoms with van der Waals surface area (Å²) in [7, 11) is 1.99. The molecule has 0 aliphatic carbocycles. The van der Waals surface area contributed by atoms with E-state index in [1.165, 1.54) is 24.1 Å². The molecule has 0 atom stereocenters. The van der Waals surface area contributed by atoms with Gasteiger partial charge in [0.2, 0.25) is 0 Å². The fourth-order valence-corrected chi connectivity index (χ4v) is 2.59. The van der Waals surface area contributed by atoms with Gasteiger partial charge in [-0.3, -0.25) is 4.98 Å². The Bertz CT molecular complexity index is 359. The summed E-state index contributed by atoms with van der Waals surface area (Å²) in [4.78, 5) is 6.84. The van der Waals surface area contributed by atoms with Gasteiger partial charge in [0, 0.05) is 42.8 Å². The number of nitrogens with zero attached hydrogens (tertiary/aromatic N) is 2. The van der Waals surface area contributed by atoms with Crippen molar-refractivity contribution >= 4 is 5.69 Å². The highest BCUT2D eigenvalue weighted by atomic mass is 15.2. The lowest BCUT2D eigenvalue weighted by atomic mass is 10.0. The SMILES string of the molecule is CCC(CC)N(CC(C)C)c1ccncc1CNC. The van der Waals surface area contributed by atoms with E-state index in [2.05, 4.69) is 49.0 Å². The molecule has 3 nitrogen and oxygen atoms in total. The van der Waals surface area contributed by atoms with Crippen molar-refractivity contribution in [3.05, 3.63) is 24.0 Å². The van der Waals surface area contributed by atoms with Crippen LogP contribution in [0.3, 0.4) is 0 Å². The van der Waals surface area contributed by atoms with Crippen LogP contribution in [0.4, 0.5) is 5.69 Å². The molecule has 0 aromatic carbocycles. The van der Waals surface area contributed by atoms with Crippen LogP contribution in [0.2, 0.25) is 0 Å². The van der Waals surface area contributed by atoms with E-state index in [1.54, 1.807) is 0 Å². The topological polar surface area (TPSA) is 28.2 Å². The van der Waals surface area contributed by atoms with Gasteiger partial charge in [-0.1, -0.05) is 27.7 Å². The van der Waals surface area contributed by atoms with Gasteiger partial charge < -0.3 is 10.2 Å². The molecule has 0 saturated heterocycles. The van der Waals surface area contributed by atoms with Crippen molar-refractivity contribution in [2.45, 2.75) is 53.1 Å². The van der Waals surface area contributed by atoms with Gasteiger partial charge in [-0.15, -0.1) is 0 Å². The Labute approximate surface area is 118 Å². The van der Waals surface area contributed by atoms with Gasteiger partial charge in [-0.05, 0) is 31.9 Å². The van der Waals surface area contributed by atoms with E-state index in [-0.39, 0.29) is 0 Å². The standard InChI is InChI=1S/C16H29N3/c1-6-15(7-2)19(12-13(3)4)16-8-9-18-11-14(16)10-17-5/h8-9,11,13,15,17H,6-7,10,12H2,1-5H3. The van der Waals surface area contributed by atoms with Gasteiger partial charge in [-0.25, -0.2) is 0 Å². The van der Waals surface area contributed by atoms with Crippen molar-refractivity contribution in [1.82, 2.24) is 10.3 Å². The van der Waals surface area contributed by atoms with Crippen LogP contribution in [0.5, 0.6) is 0 Å². The van der Waals surface area contributed by atoms with Crippen molar-refractivity contribution in [2.24, 2.45) is 5.92 Å². The number of hydrogen-bond acceptors (Lipinski definition) is 3. The minimum Gasteiger partial charge on any atom is -0.368 e. The summed E-state index contributed by atoms with van der Waals surface area (Å²) < 4.78 is 0. The highest BCUT2D eigenvalue weighted by molar-refractivity contribution is 5.53. The van der Waals surface area contributed by atoms with Crippen molar-refractivity contribution in [1.29, 1.82) is 0 Å². The molecule has 0 aliphatic heterocycles. The molecule has 1 aromatic heterocycles. The molecule has 0 bridgehead atoms. The first-order chi connectivity index (χ1) is 9.13.